The van der Waals surface area contributed by atoms with Crippen LogP contribution in [0.3, 0.4) is 0 Å². The highest BCUT2D eigenvalue weighted by atomic mass is 14.9. The molecule has 92 valence electrons. The molecule has 0 saturated carbocycles. The van der Waals surface area contributed by atoms with Crippen LogP contribution >= 0.6 is 0 Å². The molecule has 0 saturated heterocycles. The first kappa shape index (κ1) is 13.6. The Kier molecular flexibility index (Phi) is 6.17. The summed E-state index contributed by atoms with van der Waals surface area (Å²) in [6.07, 6.45) is 5.99. The lowest BCUT2D eigenvalue weighted by atomic mass is 10.0. The fraction of sp³-hybridized carbons (Fsp3) is 0.533. The van der Waals surface area contributed by atoms with E-state index >= 15 is 0 Å². The van der Waals surface area contributed by atoms with E-state index in [4.69, 9.17) is 5.26 Å². The lowest BCUT2D eigenvalue weighted by molar-refractivity contribution is 0.564. The predicted octanol–water partition coefficient (Wildman–Crippen LogP) is 4.33. The Morgan fingerprint density at radius 3 is 2.59 bits per heavy atom. The van der Waals surface area contributed by atoms with Crippen LogP contribution < -0.4 is 5.32 Å². The molecular formula is C15H22N2. The molecule has 0 spiro atoms. The van der Waals surface area contributed by atoms with Gasteiger partial charge in [0.1, 0.15) is 6.07 Å². The molecule has 0 heterocycles. The van der Waals surface area contributed by atoms with Crippen molar-refractivity contribution in [1.29, 1.82) is 5.26 Å². The van der Waals surface area contributed by atoms with Gasteiger partial charge in [0.15, 0.2) is 0 Å². The lowest BCUT2D eigenvalue weighted by Crippen LogP contribution is -2.19. The topological polar surface area (TPSA) is 35.8 Å². The molecule has 0 bridgehead atoms. The molecule has 0 amide bonds. The number of para-hydroxylation sites is 1. The Hall–Kier alpha value is -1.49. The van der Waals surface area contributed by atoms with Gasteiger partial charge in [-0.25, -0.2) is 0 Å². The van der Waals surface area contributed by atoms with Crippen molar-refractivity contribution in [3.63, 3.8) is 0 Å². The van der Waals surface area contributed by atoms with Gasteiger partial charge in [-0.15, -0.1) is 0 Å². The zero-order chi connectivity index (χ0) is 12.5. The van der Waals surface area contributed by atoms with Crippen molar-refractivity contribution in [1.82, 2.24) is 0 Å². The van der Waals surface area contributed by atoms with E-state index in [1.165, 1.54) is 32.1 Å². The van der Waals surface area contributed by atoms with Gasteiger partial charge in [-0.1, -0.05) is 45.2 Å². The first-order valence-electron chi connectivity index (χ1n) is 6.57. The Morgan fingerprint density at radius 1 is 1.18 bits per heavy atom. The van der Waals surface area contributed by atoms with Crippen molar-refractivity contribution in [3.05, 3.63) is 29.8 Å². The van der Waals surface area contributed by atoms with Crippen LogP contribution in [0.25, 0.3) is 0 Å². The molecule has 0 aliphatic heterocycles. The quantitative estimate of drug-likeness (QED) is 0.756. The summed E-state index contributed by atoms with van der Waals surface area (Å²) in [4.78, 5) is 0. The van der Waals surface area contributed by atoms with Gasteiger partial charge in [-0.05, 0) is 25.0 Å². The molecule has 1 unspecified atom stereocenters. The summed E-state index contributed by atoms with van der Waals surface area (Å²) in [6, 6.07) is 10.5. The highest BCUT2D eigenvalue weighted by Gasteiger charge is 2.09. The highest BCUT2D eigenvalue weighted by Crippen LogP contribution is 2.18. The number of hydrogen-bond acceptors (Lipinski definition) is 2. The summed E-state index contributed by atoms with van der Waals surface area (Å²) in [5.74, 6) is 0. The fourth-order valence-electron chi connectivity index (χ4n) is 2.01. The number of anilines is 1. The van der Waals surface area contributed by atoms with Crippen molar-refractivity contribution >= 4 is 5.69 Å². The number of unbranched alkanes of at least 4 members (excludes halogenated alkanes) is 1. The number of benzene rings is 1. The number of rotatable bonds is 7. The van der Waals surface area contributed by atoms with Crippen LogP contribution in [0.2, 0.25) is 0 Å². The number of nitrogens with zero attached hydrogens (tertiary/aromatic N) is 1. The lowest BCUT2D eigenvalue weighted by Gasteiger charge is -2.19. The Morgan fingerprint density at radius 2 is 1.94 bits per heavy atom. The molecule has 2 nitrogen and oxygen atoms in total. The van der Waals surface area contributed by atoms with Gasteiger partial charge in [-0.3, -0.25) is 0 Å². The maximum atomic E-state index is 9.05. The number of nitriles is 1. The van der Waals surface area contributed by atoms with Crippen molar-refractivity contribution in [2.75, 3.05) is 5.32 Å². The SMILES string of the molecule is CCCCC(CCC)Nc1ccccc1C#N. The van der Waals surface area contributed by atoms with Gasteiger partial charge in [-0.2, -0.15) is 5.26 Å². The predicted molar refractivity (Wildman–Crippen MR) is 73.0 cm³/mol. The molecule has 0 aliphatic carbocycles. The molecule has 0 fully saturated rings. The highest BCUT2D eigenvalue weighted by molar-refractivity contribution is 5.57. The van der Waals surface area contributed by atoms with E-state index in [0.717, 1.165) is 11.3 Å². The van der Waals surface area contributed by atoms with Crippen LogP contribution in [0.4, 0.5) is 5.69 Å². The fourth-order valence-corrected chi connectivity index (χ4v) is 2.01. The standard InChI is InChI=1S/C15H22N2/c1-3-5-10-14(8-4-2)17-15-11-7-6-9-13(15)12-16/h6-7,9,11,14,17H,3-5,8,10H2,1-2H3. The first-order valence-corrected chi connectivity index (χ1v) is 6.57. The summed E-state index contributed by atoms with van der Waals surface area (Å²) in [5.41, 5.74) is 1.72. The van der Waals surface area contributed by atoms with E-state index in [1.807, 2.05) is 24.3 Å². The molecule has 1 aromatic rings. The number of nitrogens with one attached hydrogen (secondary N) is 1. The second kappa shape index (κ2) is 7.73. The molecule has 0 aliphatic rings. The maximum Gasteiger partial charge on any atom is 0.101 e. The minimum Gasteiger partial charge on any atom is -0.381 e. The van der Waals surface area contributed by atoms with E-state index in [-0.39, 0.29) is 0 Å². The van der Waals surface area contributed by atoms with E-state index in [2.05, 4.69) is 25.2 Å². The summed E-state index contributed by atoms with van der Waals surface area (Å²) >= 11 is 0. The first-order chi connectivity index (χ1) is 8.31. The van der Waals surface area contributed by atoms with Crippen LogP contribution in [-0.4, -0.2) is 6.04 Å². The maximum absolute atomic E-state index is 9.05. The van der Waals surface area contributed by atoms with Crippen LogP contribution in [-0.2, 0) is 0 Å². The summed E-state index contributed by atoms with van der Waals surface area (Å²) in [5, 5.41) is 12.6. The zero-order valence-corrected chi connectivity index (χ0v) is 10.9. The normalized spacial score (nSPS) is 11.8. The third-order valence-corrected chi connectivity index (χ3v) is 2.95. The van der Waals surface area contributed by atoms with Gasteiger partial charge in [0.05, 0.1) is 11.3 Å². The molecule has 1 N–H and O–H groups in total. The van der Waals surface area contributed by atoms with Crippen molar-refractivity contribution in [2.24, 2.45) is 0 Å². The summed E-state index contributed by atoms with van der Waals surface area (Å²) in [7, 11) is 0. The zero-order valence-electron chi connectivity index (χ0n) is 10.9. The average Bonchev–Trinajstić information content (AvgIpc) is 2.37. The molecule has 1 aromatic carbocycles. The van der Waals surface area contributed by atoms with E-state index in [1.54, 1.807) is 0 Å². The molecule has 0 aromatic heterocycles. The van der Waals surface area contributed by atoms with Gasteiger partial charge >= 0.3 is 0 Å². The second-order valence-electron chi connectivity index (χ2n) is 4.43. The Balaban J connectivity index is 2.68. The average molecular weight is 230 g/mol. The molecular weight excluding hydrogens is 208 g/mol. The summed E-state index contributed by atoms with van der Waals surface area (Å²) < 4.78 is 0. The largest absolute Gasteiger partial charge is 0.381 e. The Labute approximate surface area is 105 Å². The molecule has 0 radical (unpaired) electrons. The molecule has 1 rings (SSSR count). The van der Waals surface area contributed by atoms with Gasteiger partial charge in [0, 0.05) is 6.04 Å². The minimum absolute atomic E-state index is 0.495. The third kappa shape index (κ3) is 4.48. The number of hydrogen-bond donors (Lipinski definition) is 1. The van der Waals surface area contributed by atoms with E-state index in [9.17, 15) is 0 Å². The minimum atomic E-state index is 0.495. The monoisotopic (exact) mass is 230 g/mol. The van der Waals surface area contributed by atoms with E-state index in [0.29, 0.717) is 6.04 Å². The third-order valence-electron chi connectivity index (χ3n) is 2.95. The second-order valence-corrected chi connectivity index (χ2v) is 4.43. The van der Waals surface area contributed by atoms with E-state index < -0.39 is 0 Å². The van der Waals surface area contributed by atoms with Crippen molar-refractivity contribution in [2.45, 2.75) is 52.0 Å². The van der Waals surface area contributed by atoms with Gasteiger partial charge < -0.3 is 5.32 Å². The van der Waals surface area contributed by atoms with Crippen LogP contribution in [0.1, 0.15) is 51.5 Å². The smallest absolute Gasteiger partial charge is 0.101 e. The summed E-state index contributed by atoms with van der Waals surface area (Å²) in [6.45, 7) is 4.42. The molecule has 17 heavy (non-hydrogen) atoms. The van der Waals surface area contributed by atoms with Crippen LogP contribution in [0, 0.1) is 11.3 Å². The molecule has 2 heteroatoms. The molecule has 1 atom stereocenters. The van der Waals surface area contributed by atoms with Crippen molar-refractivity contribution < 1.29 is 0 Å². The van der Waals surface area contributed by atoms with Crippen LogP contribution in [0.15, 0.2) is 24.3 Å². The van der Waals surface area contributed by atoms with Gasteiger partial charge in [0.25, 0.3) is 0 Å². The van der Waals surface area contributed by atoms with Gasteiger partial charge in [0.2, 0.25) is 0 Å². The van der Waals surface area contributed by atoms with Crippen molar-refractivity contribution in [3.8, 4) is 6.07 Å². The van der Waals surface area contributed by atoms with Crippen LogP contribution in [0.5, 0.6) is 0 Å². The Bertz CT molecular complexity index is 365.